The summed E-state index contributed by atoms with van der Waals surface area (Å²) in [6.07, 6.45) is 0. The fourth-order valence-corrected chi connectivity index (χ4v) is 3.18. The molecule has 0 saturated heterocycles. The van der Waals surface area contributed by atoms with E-state index in [-0.39, 0.29) is 22.8 Å². The molecule has 6 heteroatoms. The molecule has 0 aliphatic rings. The summed E-state index contributed by atoms with van der Waals surface area (Å²) in [6, 6.07) is 14.2. The van der Waals surface area contributed by atoms with Crippen molar-refractivity contribution in [1.29, 1.82) is 0 Å². The maximum Gasteiger partial charge on any atom is 0.221 e. The lowest BCUT2D eigenvalue weighted by atomic mass is 10.1. The van der Waals surface area contributed by atoms with Crippen LogP contribution in [0.4, 0.5) is 11.4 Å². The van der Waals surface area contributed by atoms with Crippen LogP contribution in [0.1, 0.15) is 31.1 Å². The molecule has 0 radical (unpaired) electrons. The number of hydrogen-bond donors (Lipinski definition) is 2. The minimum atomic E-state index is -0.252. The molecule has 2 rings (SSSR count). The van der Waals surface area contributed by atoms with Crippen LogP contribution in [0.2, 0.25) is 0 Å². The number of ketones is 1. The van der Waals surface area contributed by atoms with Crippen LogP contribution in [0.5, 0.6) is 0 Å². The minimum Gasteiger partial charge on any atom is -0.326 e. The number of Topliss-reactive ketones (excluding diaryl/α,β-unsaturated/α-hetero) is 1. The third-order valence-electron chi connectivity index (χ3n) is 3.35. The zero-order valence-corrected chi connectivity index (χ0v) is 15.1. The van der Waals surface area contributed by atoms with Gasteiger partial charge in [0.1, 0.15) is 0 Å². The summed E-state index contributed by atoms with van der Waals surface area (Å²) in [5, 5.41) is 5.13. The first-order valence-corrected chi connectivity index (χ1v) is 8.69. The smallest absolute Gasteiger partial charge is 0.221 e. The van der Waals surface area contributed by atoms with E-state index in [1.54, 1.807) is 24.3 Å². The van der Waals surface area contributed by atoms with E-state index >= 15 is 0 Å². The molecule has 2 aromatic rings. The third kappa shape index (κ3) is 5.76. The van der Waals surface area contributed by atoms with Crippen LogP contribution in [0.25, 0.3) is 0 Å². The Balaban J connectivity index is 1.99. The van der Waals surface area contributed by atoms with Crippen molar-refractivity contribution in [3.05, 3.63) is 54.1 Å². The molecule has 0 aromatic heterocycles. The summed E-state index contributed by atoms with van der Waals surface area (Å²) in [5.74, 6) is -0.248. The predicted molar refractivity (Wildman–Crippen MR) is 101 cm³/mol. The summed E-state index contributed by atoms with van der Waals surface area (Å²) >= 11 is 1.46. The highest BCUT2D eigenvalue weighted by Gasteiger charge is 2.16. The predicted octanol–water partition coefficient (Wildman–Crippen LogP) is 3.97. The van der Waals surface area contributed by atoms with Gasteiger partial charge in [0.15, 0.2) is 5.78 Å². The lowest BCUT2D eigenvalue weighted by Gasteiger charge is -2.11. The van der Waals surface area contributed by atoms with Crippen molar-refractivity contribution in [3.63, 3.8) is 0 Å². The van der Waals surface area contributed by atoms with Crippen LogP contribution >= 0.6 is 11.8 Å². The first-order chi connectivity index (χ1) is 11.8. The molecule has 0 saturated carbocycles. The Labute approximate surface area is 151 Å². The summed E-state index contributed by atoms with van der Waals surface area (Å²) < 4.78 is 0. The number of hydrogen-bond acceptors (Lipinski definition) is 4. The second kappa shape index (κ2) is 8.48. The molecule has 0 unspecified atom stereocenters. The van der Waals surface area contributed by atoms with Crippen LogP contribution in [-0.2, 0) is 9.59 Å². The van der Waals surface area contributed by atoms with E-state index in [4.69, 9.17) is 0 Å². The van der Waals surface area contributed by atoms with Crippen LogP contribution in [0.3, 0.4) is 0 Å². The number of amides is 2. The Morgan fingerprint density at radius 1 is 0.800 bits per heavy atom. The van der Waals surface area contributed by atoms with Gasteiger partial charge in [0.2, 0.25) is 11.8 Å². The molecular formula is C19H20N2O3S. The van der Waals surface area contributed by atoms with Gasteiger partial charge in [-0.3, -0.25) is 14.4 Å². The lowest BCUT2D eigenvalue weighted by Crippen LogP contribution is -2.13. The van der Waals surface area contributed by atoms with E-state index in [1.807, 2.05) is 31.2 Å². The summed E-state index contributed by atoms with van der Waals surface area (Å²) in [7, 11) is 0. The molecule has 2 N–H and O–H groups in total. The van der Waals surface area contributed by atoms with Gasteiger partial charge in [0.05, 0.1) is 5.25 Å². The molecular weight excluding hydrogens is 336 g/mol. The number of thioether (sulfide) groups is 1. The van der Waals surface area contributed by atoms with E-state index in [2.05, 4.69) is 10.6 Å². The molecule has 5 nitrogen and oxygen atoms in total. The van der Waals surface area contributed by atoms with Gasteiger partial charge < -0.3 is 10.6 Å². The molecule has 0 fully saturated rings. The SMILES string of the molecule is CC(=O)Nc1ccc(S[C@@H](C)C(=O)c2ccc(NC(C)=O)cc2)cc1. The summed E-state index contributed by atoms with van der Waals surface area (Å²) in [6.45, 7) is 4.76. The van der Waals surface area contributed by atoms with Crippen molar-refractivity contribution in [2.45, 2.75) is 30.9 Å². The monoisotopic (exact) mass is 356 g/mol. The second-order valence-corrected chi connectivity index (χ2v) is 7.00. The number of nitrogens with one attached hydrogen (secondary N) is 2. The Morgan fingerprint density at radius 3 is 1.68 bits per heavy atom. The molecule has 2 amide bonds. The molecule has 0 bridgehead atoms. The number of benzene rings is 2. The fourth-order valence-electron chi connectivity index (χ4n) is 2.23. The lowest BCUT2D eigenvalue weighted by molar-refractivity contribution is -0.115. The fraction of sp³-hybridized carbons (Fsp3) is 0.211. The molecule has 0 heterocycles. The first-order valence-electron chi connectivity index (χ1n) is 7.81. The van der Waals surface area contributed by atoms with Crippen molar-refractivity contribution in [1.82, 2.24) is 0 Å². The zero-order chi connectivity index (χ0) is 18.4. The average molecular weight is 356 g/mol. The van der Waals surface area contributed by atoms with E-state index in [1.165, 1.54) is 25.6 Å². The third-order valence-corrected chi connectivity index (χ3v) is 4.46. The van der Waals surface area contributed by atoms with E-state index in [9.17, 15) is 14.4 Å². The maximum atomic E-state index is 12.5. The molecule has 1 atom stereocenters. The topological polar surface area (TPSA) is 75.3 Å². The summed E-state index contributed by atoms with van der Waals surface area (Å²) in [4.78, 5) is 35.5. The van der Waals surface area contributed by atoms with E-state index < -0.39 is 0 Å². The van der Waals surface area contributed by atoms with E-state index in [0.29, 0.717) is 11.3 Å². The number of rotatable bonds is 6. The van der Waals surface area contributed by atoms with Crippen LogP contribution in [0.15, 0.2) is 53.4 Å². The van der Waals surface area contributed by atoms with Crippen molar-refractivity contribution in [2.75, 3.05) is 10.6 Å². The largest absolute Gasteiger partial charge is 0.326 e. The highest BCUT2D eigenvalue weighted by atomic mass is 32.2. The molecule has 25 heavy (non-hydrogen) atoms. The number of carbonyl (C=O) groups excluding carboxylic acids is 3. The molecule has 0 spiro atoms. The molecule has 0 aliphatic heterocycles. The van der Waals surface area contributed by atoms with Gasteiger partial charge in [-0.15, -0.1) is 11.8 Å². The Bertz CT molecular complexity index is 770. The highest BCUT2D eigenvalue weighted by molar-refractivity contribution is 8.00. The van der Waals surface area contributed by atoms with Crippen molar-refractivity contribution in [2.24, 2.45) is 0 Å². The van der Waals surface area contributed by atoms with Gasteiger partial charge in [-0.05, 0) is 55.5 Å². The van der Waals surface area contributed by atoms with Crippen LogP contribution < -0.4 is 10.6 Å². The van der Waals surface area contributed by atoms with E-state index in [0.717, 1.165) is 10.6 Å². The molecule has 2 aromatic carbocycles. The van der Waals surface area contributed by atoms with Gasteiger partial charge in [0, 0.05) is 35.7 Å². The van der Waals surface area contributed by atoms with Crippen LogP contribution in [-0.4, -0.2) is 22.8 Å². The minimum absolute atomic E-state index is 0.0188. The number of carbonyl (C=O) groups is 3. The Hall–Kier alpha value is -2.60. The molecule has 130 valence electrons. The second-order valence-electron chi connectivity index (χ2n) is 5.59. The zero-order valence-electron chi connectivity index (χ0n) is 14.3. The van der Waals surface area contributed by atoms with Gasteiger partial charge in [-0.1, -0.05) is 0 Å². The number of anilines is 2. The van der Waals surface area contributed by atoms with Gasteiger partial charge in [0.25, 0.3) is 0 Å². The van der Waals surface area contributed by atoms with Crippen molar-refractivity contribution in [3.8, 4) is 0 Å². The van der Waals surface area contributed by atoms with Crippen LogP contribution in [0, 0.1) is 0 Å². The van der Waals surface area contributed by atoms with Crippen molar-refractivity contribution >= 4 is 40.7 Å². The maximum absolute atomic E-state index is 12.5. The standard InChI is InChI=1S/C19H20N2O3S/c1-12(25-18-10-8-17(9-11-18)21-14(3)23)19(24)15-4-6-16(7-5-15)20-13(2)22/h4-12H,1-3H3,(H,20,22)(H,21,23)/t12-/m0/s1. The van der Waals surface area contributed by atoms with Gasteiger partial charge in [-0.2, -0.15) is 0 Å². The Morgan fingerprint density at radius 2 is 1.24 bits per heavy atom. The normalized spacial score (nSPS) is 11.5. The molecule has 0 aliphatic carbocycles. The van der Waals surface area contributed by atoms with Gasteiger partial charge in [-0.25, -0.2) is 0 Å². The Kier molecular flexibility index (Phi) is 6.36. The first kappa shape index (κ1) is 18.7. The highest BCUT2D eigenvalue weighted by Crippen LogP contribution is 2.27. The average Bonchev–Trinajstić information content (AvgIpc) is 2.55. The quantitative estimate of drug-likeness (QED) is 0.607. The summed E-state index contributed by atoms with van der Waals surface area (Å²) in [5.41, 5.74) is 1.99. The van der Waals surface area contributed by atoms with Crippen molar-refractivity contribution < 1.29 is 14.4 Å². The van der Waals surface area contributed by atoms with Gasteiger partial charge >= 0.3 is 0 Å².